The summed E-state index contributed by atoms with van der Waals surface area (Å²) >= 11 is 0. The number of benzene rings is 1. The molecule has 2 fully saturated rings. The second-order valence-corrected chi connectivity index (χ2v) is 9.42. The van der Waals surface area contributed by atoms with Gasteiger partial charge in [-0.05, 0) is 62.5 Å². The molecule has 0 unspecified atom stereocenters. The number of carbonyl (C=O) groups is 2. The van der Waals surface area contributed by atoms with Crippen molar-refractivity contribution in [2.24, 2.45) is 5.41 Å². The van der Waals surface area contributed by atoms with Crippen LogP contribution in [-0.2, 0) is 16.1 Å². The normalized spacial score (nSPS) is 20.4. The molecule has 2 saturated heterocycles. The number of halogens is 2. The lowest BCUT2D eigenvalue weighted by Crippen LogP contribution is -2.45. The number of amides is 1. The van der Waals surface area contributed by atoms with Gasteiger partial charge in [0.15, 0.2) is 0 Å². The first kappa shape index (κ1) is 23.6. The van der Waals surface area contributed by atoms with Gasteiger partial charge in [-0.15, -0.1) is 0 Å². The van der Waals surface area contributed by atoms with E-state index in [-0.39, 0.29) is 24.4 Å². The molecule has 1 amide bonds. The van der Waals surface area contributed by atoms with E-state index in [0.717, 1.165) is 23.1 Å². The molecule has 10 heteroatoms. The lowest BCUT2D eigenvalue weighted by Gasteiger charge is -2.38. The summed E-state index contributed by atoms with van der Waals surface area (Å²) in [7, 11) is 0. The first-order valence-corrected chi connectivity index (χ1v) is 11.7. The number of β-amino-alcohol motifs (C(OH)–C–C–N with tert-alkyl or cyclic N) is 1. The van der Waals surface area contributed by atoms with Gasteiger partial charge in [0.1, 0.15) is 6.61 Å². The summed E-state index contributed by atoms with van der Waals surface area (Å²) in [5, 5.41) is 10.9. The lowest BCUT2D eigenvalue weighted by atomic mass is 9.77. The SMILES string of the molecule is Cc1c([C@@H](O)CN2CCC3(CC2)CCN(c2ccc(OC(F)F)nc2)C3=O)ccc2c1COC2=O. The van der Waals surface area contributed by atoms with E-state index in [9.17, 15) is 23.5 Å². The van der Waals surface area contributed by atoms with Crippen molar-refractivity contribution in [3.63, 3.8) is 0 Å². The third-order valence-electron chi connectivity index (χ3n) is 7.57. The van der Waals surface area contributed by atoms with Crippen LogP contribution in [0.2, 0.25) is 0 Å². The number of aliphatic hydroxyl groups is 1. The van der Waals surface area contributed by atoms with Crippen LogP contribution >= 0.6 is 0 Å². The summed E-state index contributed by atoms with van der Waals surface area (Å²) in [6.45, 7) is 1.55. The molecule has 8 nitrogen and oxygen atoms in total. The van der Waals surface area contributed by atoms with Crippen molar-refractivity contribution >= 4 is 17.6 Å². The number of piperidine rings is 1. The quantitative estimate of drug-likeness (QED) is 0.626. The molecule has 0 saturated carbocycles. The van der Waals surface area contributed by atoms with E-state index < -0.39 is 18.1 Å². The Kier molecular flexibility index (Phi) is 6.18. The van der Waals surface area contributed by atoms with Crippen molar-refractivity contribution in [1.82, 2.24) is 9.88 Å². The highest BCUT2D eigenvalue weighted by atomic mass is 19.3. The molecule has 0 bridgehead atoms. The third kappa shape index (κ3) is 4.36. The first-order valence-electron chi connectivity index (χ1n) is 11.7. The first-order chi connectivity index (χ1) is 16.8. The highest BCUT2D eigenvalue weighted by Gasteiger charge is 2.48. The maximum atomic E-state index is 13.3. The fourth-order valence-corrected chi connectivity index (χ4v) is 5.46. The van der Waals surface area contributed by atoms with Crippen LogP contribution in [0.1, 0.15) is 52.4 Å². The van der Waals surface area contributed by atoms with Crippen molar-refractivity contribution in [2.75, 3.05) is 31.1 Å². The number of rotatable bonds is 6. The number of fused-ring (bicyclic) bond motifs is 1. The molecule has 2 aromatic rings. The fourth-order valence-electron chi connectivity index (χ4n) is 5.46. The molecule has 1 N–H and O–H groups in total. The van der Waals surface area contributed by atoms with Crippen molar-refractivity contribution in [3.8, 4) is 5.88 Å². The Morgan fingerprint density at radius 1 is 1.14 bits per heavy atom. The van der Waals surface area contributed by atoms with Gasteiger partial charge in [0.05, 0.1) is 29.0 Å². The van der Waals surface area contributed by atoms with Gasteiger partial charge >= 0.3 is 12.6 Å². The highest BCUT2D eigenvalue weighted by molar-refractivity contribution is 5.99. The number of pyridine rings is 1. The van der Waals surface area contributed by atoms with Gasteiger partial charge in [0.2, 0.25) is 11.8 Å². The van der Waals surface area contributed by atoms with E-state index in [4.69, 9.17) is 4.74 Å². The minimum absolute atomic E-state index is 0.0289. The fraction of sp³-hybridized carbons (Fsp3) is 0.480. The van der Waals surface area contributed by atoms with Crippen molar-refractivity contribution in [3.05, 3.63) is 52.7 Å². The van der Waals surface area contributed by atoms with Crippen molar-refractivity contribution in [2.45, 2.75) is 45.5 Å². The summed E-state index contributed by atoms with van der Waals surface area (Å²) < 4.78 is 34.1. The molecule has 186 valence electrons. The van der Waals surface area contributed by atoms with E-state index in [1.54, 1.807) is 23.1 Å². The highest BCUT2D eigenvalue weighted by Crippen LogP contribution is 2.43. The molecule has 3 aliphatic rings. The second kappa shape index (κ2) is 9.16. The van der Waals surface area contributed by atoms with E-state index in [1.807, 2.05) is 6.92 Å². The van der Waals surface area contributed by atoms with Crippen LogP contribution in [0.5, 0.6) is 5.88 Å². The molecular formula is C25H27F2N3O5. The molecular weight excluding hydrogens is 460 g/mol. The van der Waals surface area contributed by atoms with Gasteiger partial charge in [0, 0.05) is 24.7 Å². The molecule has 1 atom stereocenters. The predicted molar refractivity (Wildman–Crippen MR) is 121 cm³/mol. The zero-order chi connectivity index (χ0) is 24.7. The van der Waals surface area contributed by atoms with Gasteiger partial charge in [0.25, 0.3) is 0 Å². The Bertz CT molecular complexity index is 1130. The minimum atomic E-state index is -2.95. The topological polar surface area (TPSA) is 92.2 Å². The summed E-state index contributed by atoms with van der Waals surface area (Å²) in [6.07, 6.45) is 2.76. The van der Waals surface area contributed by atoms with Crippen LogP contribution in [0.25, 0.3) is 0 Å². The van der Waals surface area contributed by atoms with Gasteiger partial charge in [-0.25, -0.2) is 9.78 Å². The number of likely N-dealkylation sites (tertiary alicyclic amines) is 1. The number of hydrogen-bond acceptors (Lipinski definition) is 7. The van der Waals surface area contributed by atoms with E-state index in [2.05, 4.69) is 14.6 Å². The molecule has 3 aliphatic heterocycles. The van der Waals surface area contributed by atoms with Crippen LogP contribution in [0.4, 0.5) is 14.5 Å². The Balaban J connectivity index is 1.20. The van der Waals surface area contributed by atoms with Crippen molar-refractivity contribution < 1.29 is 33.0 Å². The Hall–Kier alpha value is -3.11. The molecule has 0 radical (unpaired) electrons. The maximum absolute atomic E-state index is 13.3. The Labute approximate surface area is 201 Å². The zero-order valence-electron chi connectivity index (χ0n) is 19.4. The number of ether oxygens (including phenoxy) is 2. The van der Waals surface area contributed by atoms with Gasteiger partial charge < -0.3 is 24.4 Å². The van der Waals surface area contributed by atoms with E-state index in [0.29, 0.717) is 50.3 Å². The predicted octanol–water partition coefficient (Wildman–Crippen LogP) is 3.21. The minimum Gasteiger partial charge on any atom is -0.457 e. The van der Waals surface area contributed by atoms with Crippen molar-refractivity contribution in [1.29, 1.82) is 0 Å². The van der Waals surface area contributed by atoms with Gasteiger partial charge in [-0.3, -0.25) is 4.79 Å². The number of cyclic esters (lactones) is 1. The second-order valence-electron chi connectivity index (χ2n) is 9.42. The Morgan fingerprint density at radius 2 is 1.89 bits per heavy atom. The summed E-state index contributed by atoms with van der Waals surface area (Å²) in [4.78, 5) is 32.8. The average molecular weight is 488 g/mol. The Morgan fingerprint density at radius 3 is 2.57 bits per heavy atom. The number of anilines is 1. The average Bonchev–Trinajstić information content (AvgIpc) is 3.37. The maximum Gasteiger partial charge on any atom is 0.388 e. The van der Waals surface area contributed by atoms with Crippen LogP contribution in [0.15, 0.2) is 30.5 Å². The summed E-state index contributed by atoms with van der Waals surface area (Å²) in [6, 6.07) is 6.42. The standard InChI is InChI=1S/C25H27F2N3O5/c1-15-17(3-4-18-19(15)14-34-22(18)32)20(31)13-29-9-6-25(7-10-29)8-11-30(23(25)33)16-2-5-21(28-12-16)35-24(26)27/h2-5,12,20,24,31H,6-11,13-14H2,1H3/t20-/m0/s1. The van der Waals surface area contributed by atoms with Crippen LogP contribution in [0, 0.1) is 12.3 Å². The summed E-state index contributed by atoms with van der Waals surface area (Å²) in [5.41, 5.74) is 3.19. The number of esters is 1. The van der Waals surface area contributed by atoms with E-state index >= 15 is 0 Å². The monoisotopic (exact) mass is 487 g/mol. The molecule has 1 aromatic carbocycles. The summed E-state index contributed by atoms with van der Waals surface area (Å²) in [5.74, 6) is -0.482. The molecule has 4 heterocycles. The molecule has 1 spiro atoms. The smallest absolute Gasteiger partial charge is 0.388 e. The number of hydrogen-bond donors (Lipinski definition) is 1. The van der Waals surface area contributed by atoms with E-state index in [1.165, 1.54) is 12.3 Å². The lowest BCUT2D eigenvalue weighted by molar-refractivity contribution is -0.128. The number of carbonyl (C=O) groups excluding carboxylic acids is 2. The van der Waals surface area contributed by atoms with Crippen LogP contribution in [-0.4, -0.2) is 59.7 Å². The molecule has 5 rings (SSSR count). The number of aliphatic hydroxyl groups excluding tert-OH is 1. The molecule has 35 heavy (non-hydrogen) atoms. The van der Waals surface area contributed by atoms with Gasteiger partial charge in [-0.1, -0.05) is 6.07 Å². The molecule has 1 aromatic heterocycles. The molecule has 0 aliphatic carbocycles. The largest absolute Gasteiger partial charge is 0.457 e. The number of nitrogens with zero attached hydrogens (tertiary/aromatic N) is 3. The number of aromatic nitrogens is 1. The van der Waals surface area contributed by atoms with Crippen LogP contribution in [0.3, 0.4) is 0 Å². The van der Waals surface area contributed by atoms with Crippen LogP contribution < -0.4 is 9.64 Å². The van der Waals surface area contributed by atoms with Gasteiger partial charge in [-0.2, -0.15) is 8.78 Å². The third-order valence-corrected chi connectivity index (χ3v) is 7.57. The number of alkyl halides is 2. The zero-order valence-corrected chi connectivity index (χ0v) is 19.4.